The molecule has 0 fully saturated rings. The van der Waals surface area contributed by atoms with Gasteiger partial charge in [-0.1, -0.05) is 152 Å². The molecule has 2 heteroatoms. The Bertz CT molecular complexity index is 3560. The third-order valence-electron chi connectivity index (χ3n) is 12.0. The fourth-order valence-corrected chi connectivity index (χ4v) is 10.4. The van der Waals surface area contributed by atoms with E-state index in [0.717, 1.165) is 17.1 Å². The van der Waals surface area contributed by atoms with Crippen molar-refractivity contribution in [1.29, 1.82) is 0 Å². The molecule has 0 atom stereocenters. The van der Waals surface area contributed by atoms with Crippen LogP contribution in [-0.2, 0) is 0 Å². The molecule has 12 rings (SSSR count). The Kier molecular flexibility index (Phi) is 7.47. The van der Waals surface area contributed by atoms with Gasteiger partial charge in [-0.15, -0.1) is 11.3 Å². The number of para-hydroxylation sites is 1. The lowest BCUT2D eigenvalue weighted by molar-refractivity contribution is 1.29. The first-order chi connectivity index (χ1) is 28.7. The van der Waals surface area contributed by atoms with E-state index in [4.69, 9.17) is 0 Å². The van der Waals surface area contributed by atoms with Gasteiger partial charge in [-0.05, 0) is 137 Å². The van der Waals surface area contributed by atoms with Crippen molar-refractivity contribution in [3.05, 3.63) is 212 Å². The molecule has 0 unspecified atom stereocenters. The first kappa shape index (κ1) is 32.9. The summed E-state index contributed by atoms with van der Waals surface area (Å²) >= 11 is 1.90. The Labute approximate surface area is 340 Å². The van der Waals surface area contributed by atoms with E-state index < -0.39 is 0 Å². The van der Waals surface area contributed by atoms with Crippen molar-refractivity contribution < 1.29 is 0 Å². The van der Waals surface area contributed by atoms with Crippen LogP contribution in [0.15, 0.2) is 212 Å². The summed E-state index contributed by atoms with van der Waals surface area (Å²) in [6, 6.07) is 78.3. The van der Waals surface area contributed by atoms with Gasteiger partial charge in [0, 0.05) is 37.2 Å². The highest BCUT2D eigenvalue weighted by molar-refractivity contribution is 7.26. The molecule has 0 saturated heterocycles. The van der Waals surface area contributed by atoms with Gasteiger partial charge in [0.2, 0.25) is 0 Å². The monoisotopic (exact) mass is 753 g/mol. The van der Waals surface area contributed by atoms with E-state index in [1.54, 1.807) is 0 Å². The Morgan fingerprint density at radius 3 is 1.71 bits per heavy atom. The molecule has 1 nitrogen and oxygen atoms in total. The lowest BCUT2D eigenvalue weighted by Crippen LogP contribution is -2.09. The maximum atomic E-state index is 2.44. The van der Waals surface area contributed by atoms with Crippen LogP contribution >= 0.6 is 11.3 Å². The van der Waals surface area contributed by atoms with Gasteiger partial charge >= 0.3 is 0 Å². The number of rotatable bonds is 5. The molecule has 12 aromatic rings. The van der Waals surface area contributed by atoms with E-state index in [2.05, 4.69) is 217 Å². The molecular weight excluding hydrogens is 719 g/mol. The summed E-state index contributed by atoms with van der Waals surface area (Å²) in [5.74, 6) is 0. The summed E-state index contributed by atoms with van der Waals surface area (Å²) in [7, 11) is 0. The van der Waals surface area contributed by atoms with Crippen LogP contribution in [0.3, 0.4) is 0 Å². The van der Waals surface area contributed by atoms with Crippen LogP contribution in [-0.4, -0.2) is 0 Å². The molecule has 0 aliphatic carbocycles. The van der Waals surface area contributed by atoms with Crippen LogP contribution in [0.1, 0.15) is 0 Å². The number of thiophene rings is 1. The van der Waals surface area contributed by atoms with E-state index in [1.807, 2.05) is 11.3 Å². The molecule has 270 valence electrons. The average Bonchev–Trinajstić information content (AvgIpc) is 3.68. The van der Waals surface area contributed by atoms with E-state index in [1.165, 1.54) is 96.3 Å². The van der Waals surface area contributed by atoms with Crippen LogP contribution in [0.5, 0.6) is 0 Å². The first-order valence-corrected chi connectivity index (χ1v) is 20.7. The molecule has 0 aliphatic rings. The molecule has 11 aromatic carbocycles. The van der Waals surface area contributed by atoms with E-state index in [-0.39, 0.29) is 0 Å². The second kappa shape index (κ2) is 13.2. The molecule has 1 aromatic heterocycles. The molecule has 1 heterocycles. The number of benzene rings is 11. The molecule has 0 spiro atoms. The minimum Gasteiger partial charge on any atom is -0.310 e. The largest absolute Gasteiger partial charge is 0.310 e. The molecule has 58 heavy (non-hydrogen) atoms. The Hall–Kier alpha value is -7.26. The zero-order valence-electron chi connectivity index (χ0n) is 31.6. The van der Waals surface area contributed by atoms with E-state index in [0.29, 0.717) is 0 Å². The Morgan fingerprint density at radius 1 is 0.293 bits per heavy atom. The fraction of sp³-hybridized carbons (Fsp3) is 0. The molecule has 0 saturated carbocycles. The van der Waals surface area contributed by atoms with Crippen LogP contribution in [0.2, 0.25) is 0 Å². The van der Waals surface area contributed by atoms with Crippen LogP contribution in [0.25, 0.3) is 96.3 Å². The third kappa shape index (κ3) is 5.30. The molecule has 0 aliphatic heterocycles. The minimum absolute atomic E-state index is 1.12. The zero-order chi connectivity index (χ0) is 38.2. The summed E-state index contributed by atoms with van der Waals surface area (Å²) in [6.07, 6.45) is 0. The maximum Gasteiger partial charge on any atom is 0.0468 e. The second-order valence-electron chi connectivity index (χ2n) is 15.3. The van der Waals surface area contributed by atoms with Gasteiger partial charge < -0.3 is 4.90 Å². The number of hydrogen-bond acceptors (Lipinski definition) is 2. The highest BCUT2D eigenvalue weighted by Gasteiger charge is 2.19. The van der Waals surface area contributed by atoms with Crippen molar-refractivity contribution in [3.63, 3.8) is 0 Å². The van der Waals surface area contributed by atoms with Crippen molar-refractivity contribution in [3.8, 4) is 22.3 Å². The van der Waals surface area contributed by atoms with Crippen molar-refractivity contribution in [2.45, 2.75) is 0 Å². The number of fused-ring (bicyclic) bond motifs is 11. The lowest BCUT2D eigenvalue weighted by Gasteiger charge is -2.26. The summed E-state index contributed by atoms with van der Waals surface area (Å²) in [4.78, 5) is 2.39. The van der Waals surface area contributed by atoms with Gasteiger partial charge in [-0.2, -0.15) is 0 Å². The zero-order valence-corrected chi connectivity index (χ0v) is 32.4. The molecule has 0 radical (unpaired) electrons. The fourth-order valence-electron chi connectivity index (χ4n) is 9.16. The quantitative estimate of drug-likeness (QED) is 0.158. The SMILES string of the molecule is c1ccc(N(c2ccc(-c3ccc4ccccc4c3)cc2)c2ccc3sc4c5ccccc5cc(-c5ccc6ccc7ccc8ccccc8c7c6c5)c4c3c2)cc1. The van der Waals surface area contributed by atoms with E-state index >= 15 is 0 Å². The van der Waals surface area contributed by atoms with Crippen molar-refractivity contribution >= 4 is 102 Å². The van der Waals surface area contributed by atoms with Crippen molar-refractivity contribution in [2.75, 3.05) is 4.90 Å². The van der Waals surface area contributed by atoms with Gasteiger partial charge in [0.1, 0.15) is 0 Å². The minimum atomic E-state index is 1.12. The van der Waals surface area contributed by atoms with Gasteiger partial charge in [0.15, 0.2) is 0 Å². The van der Waals surface area contributed by atoms with Crippen molar-refractivity contribution in [1.82, 2.24) is 0 Å². The van der Waals surface area contributed by atoms with Crippen LogP contribution in [0.4, 0.5) is 17.1 Å². The van der Waals surface area contributed by atoms with Crippen LogP contribution < -0.4 is 4.90 Å². The number of nitrogens with zero attached hydrogens (tertiary/aromatic N) is 1. The summed E-state index contributed by atoms with van der Waals surface area (Å²) in [5, 5.41) is 15.3. The second-order valence-corrected chi connectivity index (χ2v) is 16.4. The van der Waals surface area contributed by atoms with E-state index in [9.17, 15) is 0 Å². The van der Waals surface area contributed by atoms with Crippen molar-refractivity contribution in [2.24, 2.45) is 0 Å². The Morgan fingerprint density at radius 2 is 0.879 bits per heavy atom. The van der Waals surface area contributed by atoms with Gasteiger partial charge in [-0.25, -0.2) is 0 Å². The Balaban J connectivity index is 1.06. The molecule has 0 N–H and O–H groups in total. The summed E-state index contributed by atoms with van der Waals surface area (Å²) in [6.45, 7) is 0. The molecule has 0 bridgehead atoms. The van der Waals surface area contributed by atoms with Gasteiger partial charge in [-0.3, -0.25) is 0 Å². The predicted molar refractivity (Wildman–Crippen MR) is 252 cm³/mol. The number of anilines is 3. The molecular formula is C56H35NS. The average molecular weight is 754 g/mol. The topological polar surface area (TPSA) is 3.24 Å². The molecule has 0 amide bonds. The third-order valence-corrected chi connectivity index (χ3v) is 13.2. The predicted octanol–water partition coefficient (Wildman–Crippen LogP) is 16.6. The highest BCUT2D eigenvalue weighted by Crippen LogP contribution is 2.47. The maximum absolute atomic E-state index is 2.44. The summed E-state index contributed by atoms with van der Waals surface area (Å²) in [5.41, 5.74) is 8.30. The van der Waals surface area contributed by atoms with Gasteiger partial charge in [0.25, 0.3) is 0 Å². The lowest BCUT2D eigenvalue weighted by atomic mass is 9.91. The number of hydrogen-bond donors (Lipinski definition) is 0. The van der Waals surface area contributed by atoms with Crippen LogP contribution in [0, 0.1) is 0 Å². The normalized spacial score (nSPS) is 11.8. The van der Waals surface area contributed by atoms with Gasteiger partial charge in [0.05, 0.1) is 0 Å². The summed E-state index contributed by atoms with van der Waals surface area (Å²) < 4.78 is 2.61. The smallest absolute Gasteiger partial charge is 0.0468 e. The standard InChI is InChI=1S/C56H35NS/c1-2-14-45(15-3-1)57(46-28-26-37(27-29-46)42-24-18-36-10-4-5-12-41(36)32-42)47-30-31-53-52(35-47)55-51(33-43-13-7-9-17-49(43)56(55)58-53)44-25-21-39-20-23-40-22-19-38-11-6-8-16-48(38)54(40)50(39)34-44/h1-35H. The highest BCUT2D eigenvalue weighted by atomic mass is 32.1. The first-order valence-electron chi connectivity index (χ1n) is 19.9.